The minimum Gasteiger partial charge on any atom is -0.487 e. The summed E-state index contributed by atoms with van der Waals surface area (Å²) in [5.74, 6) is 0.716. The van der Waals surface area contributed by atoms with Gasteiger partial charge in [-0.1, -0.05) is 29.8 Å². The molecule has 6 nitrogen and oxygen atoms in total. The first-order valence-corrected chi connectivity index (χ1v) is 9.82. The van der Waals surface area contributed by atoms with Crippen LogP contribution in [0.3, 0.4) is 0 Å². The third-order valence-corrected chi connectivity index (χ3v) is 5.55. The molecule has 2 aromatic carbocycles. The van der Waals surface area contributed by atoms with Gasteiger partial charge in [0.25, 0.3) is 0 Å². The molecule has 28 heavy (non-hydrogen) atoms. The van der Waals surface area contributed by atoms with Crippen molar-refractivity contribution in [2.45, 2.75) is 43.8 Å². The van der Waals surface area contributed by atoms with Gasteiger partial charge in [0, 0.05) is 17.9 Å². The standard InChI is InChI=1S/C21H24ClNO5/c22-17-3-2-13(20-9-15(25)8-16(10-24)28-20)7-14(17)5-12-1-4-19-18(6-12)23-21(26)11-27-19/h1-4,6-7,15-16,20-21,23-26H,5,8-11H2. The molecule has 0 aliphatic carbocycles. The van der Waals surface area contributed by atoms with Gasteiger partial charge in [-0.05, 0) is 41.3 Å². The predicted octanol–water partition coefficient (Wildman–Crippen LogP) is 2.63. The summed E-state index contributed by atoms with van der Waals surface area (Å²) in [6, 6.07) is 11.5. The molecule has 150 valence electrons. The summed E-state index contributed by atoms with van der Waals surface area (Å²) in [6.07, 6.45) is -0.288. The van der Waals surface area contributed by atoms with Gasteiger partial charge >= 0.3 is 0 Å². The molecule has 0 aromatic heterocycles. The molecular formula is C21H24ClNO5. The van der Waals surface area contributed by atoms with Crippen molar-refractivity contribution < 1.29 is 24.8 Å². The maximum atomic E-state index is 10.1. The fourth-order valence-corrected chi connectivity index (χ4v) is 3.97. The van der Waals surface area contributed by atoms with Crippen LogP contribution in [0.15, 0.2) is 36.4 Å². The van der Waals surface area contributed by atoms with Crippen LogP contribution in [0.5, 0.6) is 5.75 Å². The second-order valence-electron chi connectivity index (χ2n) is 7.38. The van der Waals surface area contributed by atoms with Crippen molar-refractivity contribution >= 4 is 17.3 Å². The Morgan fingerprint density at radius 1 is 1.11 bits per heavy atom. The summed E-state index contributed by atoms with van der Waals surface area (Å²) >= 11 is 6.43. The summed E-state index contributed by atoms with van der Waals surface area (Å²) in [6.45, 7) is 0.117. The first-order chi connectivity index (χ1) is 13.5. The third kappa shape index (κ3) is 4.26. The van der Waals surface area contributed by atoms with Crippen molar-refractivity contribution in [2.24, 2.45) is 0 Å². The number of benzene rings is 2. The van der Waals surface area contributed by atoms with Crippen LogP contribution in [0.2, 0.25) is 5.02 Å². The number of anilines is 1. The number of hydrogen-bond acceptors (Lipinski definition) is 6. The van der Waals surface area contributed by atoms with Gasteiger partial charge in [0.15, 0.2) is 6.23 Å². The molecule has 2 aliphatic rings. The van der Waals surface area contributed by atoms with Crippen LogP contribution >= 0.6 is 11.6 Å². The van der Waals surface area contributed by atoms with Crippen LogP contribution < -0.4 is 10.1 Å². The van der Waals surface area contributed by atoms with Gasteiger partial charge in [-0.15, -0.1) is 0 Å². The Morgan fingerprint density at radius 3 is 2.79 bits per heavy atom. The molecule has 2 heterocycles. The van der Waals surface area contributed by atoms with Crippen molar-refractivity contribution in [1.82, 2.24) is 0 Å². The van der Waals surface area contributed by atoms with Crippen LogP contribution in [-0.4, -0.2) is 47.0 Å². The topological polar surface area (TPSA) is 91.2 Å². The molecule has 0 amide bonds. The highest BCUT2D eigenvalue weighted by Gasteiger charge is 2.29. The summed E-state index contributed by atoms with van der Waals surface area (Å²) < 4.78 is 11.4. The summed E-state index contributed by atoms with van der Waals surface area (Å²) in [4.78, 5) is 0. The lowest BCUT2D eigenvalue weighted by Crippen LogP contribution is -2.33. The van der Waals surface area contributed by atoms with Crippen LogP contribution in [-0.2, 0) is 11.2 Å². The predicted molar refractivity (Wildman–Crippen MR) is 106 cm³/mol. The Morgan fingerprint density at radius 2 is 1.96 bits per heavy atom. The molecule has 1 fully saturated rings. The zero-order valence-corrected chi connectivity index (χ0v) is 16.1. The van der Waals surface area contributed by atoms with E-state index in [1.807, 2.05) is 36.4 Å². The molecule has 4 atom stereocenters. The van der Waals surface area contributed by atoms with E-state index >= 15 is 0 Å². The number of halogens is 1. The van der Waals surface area contributed by atoms with E-state index in [2.05, 4.69) is 5.32 Å². The van der Waals surface area contributed by atoms with Gasteiger partial charge in [0.2, 0.25) is 0 Å². The van der Waals surface area contributed by atoms with Crippen LogP contribution in [0.1, 0.15) is 35.6 Å². The highest BCUT2D eigenvalue weighted by atomic mass is 35.5. The first-order valence-electron chi connectivity index (χ1n) is 9.45. The Kier molecular flexibility index (Phi) is 5.75. The first kappa shape index (κ1) is 19.5. The molecule has 4 N–H and O–H groups in total. The lowest BCUT2D eigenvalue weighted by molar-refractivity contribution is -0.113. The maximum Gasteiger partial charge on any atom is 0.159 e. The van der Waals surface area contributed by atoms with E-state index < -0.39 is 12.3 Å². The number of ether oxygens (including phenoxy) is 2. The minimum atomic E-state index is -0.719. The Bertz CT molecular complexity index is 846. The third-order valence-electron chi connectivity index (χ3n) is 5.18. The number of nitrogens with one attached hydrogen (secondary N) is 1. The van der Waals surface area contributed by atoms with Gasteiger partial charge in [0.1, 0.15) is 12.4 Å². The highest BCUT2D eigenvalue weighted by molar-refractivity contribution is 6.31. The fourth-order valence-electron chi connectivity index (χ4n) is 3.79. The average Bonchev–Trinajstić information content (AvgIpc) is 2.68. The minimum absolute atomic E-state index is 0.107. The molecule has 0 saturated carbocycles. The van der Waals surface area contributed by atoms with Crippen molar-refractivity contribution in [1.29, 1.82) is 0 Å². The van der Waals surface area contributed by atoms with E-state index in [4.69, 9.17) is 21.1 Å². The smallest absolute Gasteiger partial charge is 0.159 e. The second kappa shape index (κ2) is 8.27. The number of hydrogen-bond donors (Lipinski definition) is 4. The average molecular weight is 406 g/mol. The van der Waals surface area contributed by atoms with Gasteiger partial charge in [-0.3, -0.25) is 0 Å². The Labute approximate surface area is 168 Å². The number of aliphatic hydroxyl groups is 3. The van der Waals surface area contributed by atoms with E-state index in [9.17, 15) is 15.3 Å². The maximum absolute atomic E-state index is 10.1. The molecule has 7 heteroatoms. The van der Waals surface area contributed by atoms with Crippen molar-refractivity contribution in [3.63, 3.8) is 0 Å². The van der Waals surface area contributed by atoms with Crippen LogP contribution in [0.25, 0.3) is 0 Å². The van der Waals surface area contributed by atoms with E-state index in [-0.39, 0.29) is 25.4 Å². The van der Waals surface area contributed by atoms with E-state index in [1.54, 1.807) is 0 Å². The molecule has 0 radical (unpaired) electrons. The quantitative estimate of drug-likeness (QED) is 0.625. The van der Waals surface area contributed by atoms with Gasteiger partial charge in [0.05, 0.1) is 30.6 Å². The highest BCUT2D eigenvalue weighted by Crippen LogP contribution is 2.35. The van der Waals surface area contributed by atoms with Gasteiger partial charge in [-0.25, -0.2) is 0 Å². The summed E-state index contributed by atoms with van der Waals surface area (Å²) in [7, 11) is 0. The fraction of sp³-hybridized carbons (Fsp3) is 0.429. The largest absolute Gasteiger partial charge is 0.487 e. The lowest BCUT2D eigenvalue weighted by Gasteiger charge is -2.32. The van der Waals surface area contributed by atoms with Gasteiger partial charge in [-0.2, -0.15) is 0 Å². The molecular weight excluding hydrogens is 382 g/mol. The molecule has 4 unspecified atom stereocenters. The van der Waals surface area contributed by atoms with Crippen molar-refractivity contribution in [2.75, 3.05) is 18.5 Å². The normalized spacial score (nSPS) is 26.9. The monoisotopic (exact) mass is 405 g/mol. The zero-order chi connectivity index (χ0) is 19.7. The zero-order valence-electron chi connectivity index (χ0n) is 15.3. The lowest BCUT2D eigenvalue weighted by atomic mass is 9.94. The summed E-state index contributed by atoms with van der Waals surface area (Å²) in [5, 5.41) is 32.8. The van der Waals surface area contributed by atoms with E-state index in [0.29, 0.717) is 30.0 Å². The van der Waals surface area contributed by atoms with Gasteiger partial charge < -0.3 is 30.1 Å². The SMILES string of the molecule is OCC1CC(O)CC(c2ccc(Cl)c(Cc3ccc4c(c3)NC(O)CO4)c2)O1. The molecule has 2 aromatic rings. The molecule has 4 rings (SSSR count). The molecule has 2 aliphatic heterocycles. The molecule has 0 spiro atoms. The Balaban J connectivity index is 1.55. The van der Waals surface area contributed by atoms with E-state index in [0.717, 1.165) is 22.4 Å². The van der Waals surface area contributed by atoms with E-state index in [1.165, 1.54) is 0 Å². The molecule has 1 saturated heterocycles. The summed E-state index contributed by atoms with van der Waals surface area (Å²) in [5.41, 5.74) is 3.67. The molecule has 0 bridgehead atoms. The number of fused-ring (bicyclic) bond motifs is 1. The van der Waals surface area contributed by atoms with Crippen LogP contribution in [0, 0.1) is 0 Å². The Hall–Kier alpha value is -1.83. The number of aliphatic hydroxyl groups excluding tert-OH is 3. The number of rotatable bonds is 4. The second-order valence-corrected chi connectivity index (χ2v) is 7.79. The van der Waals surface area contributed by atoms with Crippen LogP contribution in [0.4, 0.5) is 5.69 Å². The van der Waals surface area contributed by atoms with Crippen molar-refractivity contribution in [3.8, 4) is 5.75 Å². The van der Waals surface area contributed by atoms with Crippen molar-refractivity contribution in [3.05, 3.63) is 58.1 Å².